The minimum absolute atomic E-state index is 0.0116. The molecule has 0 aliphatic carbocycles. The molecular weight excluding hydrogens is 639 g/mol. The molecule has 49 heavy (non-hydrogen) atoms. The molecule has 0 heterocycles. The molecule has 10 heteroatoms. The Labute approximate surface area is 289 Å². The van der Waals surface area contributed by atoms with Crippen LogP contribution in [0.15, 0.2) is 138 Å². The van der Waals surface area contributed by atoms with Crippen LogP contribution >= 0.6 is 11.8 Å². The first-order valence-electron chi connectivity index (χ1n) is 15.3. The second-order valence-corrected chi connectivity index (χ2v) is 11.8. The van der Waals surface area contributed by atoms with Gasteiger partial charge in [0.2, 0.25) is 5.91 Å². The molecule has 3 N–H and O–H groups in total. The molecule has 0 aliphatic heterocycles. The number of para-hydroxylation sites is 2. The number of benzene rings is 5. The summed E-state index contributed by atoms with van der Waals surface area (Å²) in [6.45, 7) is 0. The molecule has 0 saturated heterocycles. The van der Waals surface area contributed by atoms with Gasteiger partial charge in [-0.1, -0.05) is 72.8 Å². The Morgan fingerprint density at radius 1 is 0.653 bits per heavy atom. The Bertz CT molecular complexity index is 1950. The fourth-order valence-corrected chi connectivity index (χ4v) is 5.96. The zero-order valence-corrected chi connectivity index (χ0v) is 28.0. The van der Waals surface area contributed by atoms with E-state index in [2.05, 4.69) is 16.0 Å². The van der Waals surface area contributed by atoms with Crippen molar-refractivity contribution in [3.63, 3.8) is 0 Å². The number of amides is 3. The van der Waals surface area contributed by atoms with Crippen LogP contribution in [0.3, 0.4) is 0 Å². The lowest BCUT2D eigenvalue weighted by atomic mass is 10.1. The summed E-state index contributed by atoms with van der Waals surface area (Å²) in [5.74, 6) is 0.317. The number of carbonyl (C=O) groups excluding carboxylic acids is 3. The third kappa shape index (κ3) is 9.09. The molecule has 0 fully saturated rings. The zero-order valence-electron chi connectivity index (χ0n) is 27.1. The highest BCUT2D eigenvalue weighted by Crippen LogP contribution is 2.38. The van der Waals surface area contributed by atoms with Gasteiger partial charge in [0.1, 0.15) is 16.7 Å². The standard InChI is InChI=1S/C39H35N3O6S/c1-46-33-20-11-10-19-31(33)41-39(45)36(27-13-6-4-7-14-27)49-30-18-12-17-29(25-30)40-38(44)32(42-37(43)28-15-8-5-9-16-28)23-26-21-22-34(47-2)35(24-26)48-3/h4-25,36H,1-3H3,(H,40,44)(H,41,45)(H,42,43)/b32-23+. The topological polar surface area (TPSA) is 115 Å². The van der Waals surface area contributed by atoms with Gasteiger partial charge < -0.3 is 30.2 Å². The summed E-state index contributed by atoms with van der Waals surface area (Å²) >= 11 is 1.34. The number of carbonyl (C=O) groups is 3. The average molecular weight is 674 g/mol. The van der Waals surface area contributed by atoms with E-state index in [-0.39, 0.29) is 11.6 Å². The number of methoxy groups -OCH3 is 3. The van der Waals surface area contributed by atoms with E-state index in [9.17, 15) is 14.4 Å². The van der Waals surface area contributed by atoms with Crippen molar-refractivity contribution in [2.24, 2.45) is 0 Å². The third-order valence-electron chi connectivity index (χ3n) is 7.30. The predicted octanol–water partition coefficient (Wildman–Crippen LogP) is 7.59. The molecule has 0 spiro atoms. The molecule has 3 amide bonds. The quantitative estimate of drug-likeness (QED) is 0.0872. The second-order valence-electron chi connectivity index (χ2n) is 10.6. The summed E-state index contributed by atoms with van der Waals surface area (Å²) in [4.78, 5) is 41.3. The first-order valence-corrected chi connectivity index (χ1v) is 16.1. The first-order chi connectivity index (χ1) is 23.9. The van der Waals surface area contributed by atoms with Gasteiger partial charge in [-0.15, -0.1) is 11.8 Å². The lowest BCUT2D eigenvalue weighted by molar-refractivity contribution is -0.116. The largest absolute Gasteiger partial charge is 0.495 e. The SMILES string of the molecule is COc1ccccc1NC(=O)C(Sc1cccc(NC(=O)/C(=C\c2ccc(OC)c(OC)c2)NC(=O)c2ccccc2)c1)c1ccccc1. The molecule has 5 aromatic carbocycles. The Morgan fingerprint density at radius 2 is 1.33 bits per heavy atom. The van der Waals surface area contributed by atoms with Gasteiger partial charge >= 0.3 is 0 Å². The lowest BCUT2D eigenvalue weighted by Crippen LogP contribution is -2.30. The van der Waals surface area contributed by atoms with Crippen LogP contribution in [0.1, 0.15) is 26.7 Å². The van der Waals surface area contributed by atoms with Crippen LogP contribution in [0, 0.1) is 0 Å². The molecule has 5 rings (SSSR count). The van der Waals surface area contributed by atoms with E-state index in [1.54, 1.807) is 92.0 Å². The van der Waals surface area contributed by atoms with E-state index in [1.807, 2.05) is 48.5 Å². The third-order valence-corrected chi connectivity index (χ3v) is 8.55. The van der Waals surface area contributed by atoms with E-state index >= 15 is 0 Å². The van der Waals surface area contributed by atoms with Crippen molar-refractivity contribution in [3.8, 4) is 17.2 Å². The fraction of sp³-hybridized carbons (Fsp3) is 0.103. The summed E-state index contributed by atoms with van der Waals surface area (Å²) in [6.07, 6.45) is 1.56. The number of ether oxygens (including phenoxy) is 3. The smallest absolute Gasteiger partial charge is 0.272 e. The van der Waals surface area contributed by atoms with E-state index in [1.165, 1.54) is 26.0 Å². The summed E-state index contributed by atoms with van der Waals surface area (Å²) < 4.78 is 16.2. The Morgan fingerprint density at radius 3 is 2.04 bits per heavy atom. The summed E-state index contributed by atoms with van der Waals surface area (Å²) in [5.41, 5.74) is 2.84. The highest BCUT2D eigenvalue weighted by Gasteiger charge is 2.24. The molecule has 9 nitrogen and oxygen atoms in total. The van der Waals surface area contributed by atoms with Crippen LogP contribution in [0.25, 0.3) is 6.08 Å². The molecular formula is C39H35N3O6S. The van der Waals surface area contributed by atoms with Gasteiger partial charge in [0.25, 0.3) is 11.8 Å². The molecule has 5 aromatic rings. The number of rotatable bonds is 13. The number of hydrogen-bond donors (Lipinski definition) is 3. The van der Waals surface area contributed by atoms with Crippen molar-refractivity contribution >= 4 is 46.9 Å². The van der Waals surface area contributed by atoms with E-state index < -0.39 is 17.1 Å². The van der Waals surface area contributed by atoms with Gasteiger partial charge in [-0.25, -0.2) is 0 Å². The van der Waals surface area contributed by atoms with Crippen molar-refractivity contribution < 1.29 is 28.6 Å². The maximum Gasteiger partial charge on any atom is 0.272 e. The van der Waals surface area contributed by atoms with Crippen LogP contribution in [0.2, 0.25) is 0 Å². The predicted molar refractivity (Wildman–Crippen MR) is 193 cm³/mol. The highest BCUT2D eigenvalue weighted by molar-refractivity contribution is 8.00. The van der Waals surface area contributed by atoms with E-state index in [0.717, 1.165) is 10.5 Å². The van der Waals surface area contributed by atoms with Crippen molar-refractivity contribution in [2.75, 3.05) is 32.0 Å². The minimum Gasteiger partial charge on any atom is -0.495 e. The van der Waals surface area contributed by atoms with E-state index in [4.69, 9.17) is 14.2 Å². The lowest BCUT2D eigenvalue weighted by Gasteiger charge is -2.19. The van der Waals surface area contributed by atoms with Gasteiger partial charge in [-0.2, -0.15) is 0 Å². The summed E-state index contributed by atoms with van der Waals surface area (Å²) in [6, 6.07) is 37.6. The number of hydrogen-bond acceptors (Lipinski definition) is 7. The molecule has 0 aromatic heterocycles. The van der Waals surface area contributed by atoms with Crippen LogP contribution in [-0.2, 0) is 9.59 Å². The number of anilines is 2. The second kappa shape index (κ2) is 16.7. The van der Waals surface area contributed by atoms with Crippen molar-refractivity contribution in [2.45, 2.75) is 10.1 Å². The van der Waals surface area contributed by atoms with Crippen LogP contribution in [0.5, 0.6) is 17.2 Å². The molecule has 1 atom stereocenters. The highest BCUT2D eigenvalue weighted by atomic mass is 32.2. The fourth-order valence-electron chi connectivity index (χ4n) is 4.88. The van der Waals surface area contributed by atoms with Gasteiger partial charge in [0.15, 0.2) is 11.5 Å². The van der Waals surface area contributed by atoms with Crippen molar-refractivity contribution in [1.82, 2.24) is 5.32 Å². The summed E-state index contributed by atoms with van der Waals surface area (Å²) in [5, 5.41) is 8.02. The van der Waals surface area contributed by atoms with Crippen molar-refractivity contribution in [3.05, 3.63) is 150 Å². The molecule has 0 saturated carbocycles. The number of thioether (sulfide) groups is 1. The Balaban J connectivity index is 1.40. The molecule has 0 aliphatic rings. The maximum atomic E-state index is 13.8. The Kier molecular flexibility index (Phi) is 11.7. The van der Waals surface area contributed by atoms with Crippen LogP contribution < -0.4 is 30.2 Å². The average Bonchev–Trinajstić information content (AvgIpc) is 3.14. The minimum atomic E-state index is -0.622. The maximum absolute atomic E-state index is 13.8. The molecule has 1 unspecified atom stereocenters. The normalized spacial score (nSPS) is 11.5. The first kappa shape index (κ1) is 34.3. The van der Waals surface area contributed by atoms with Crippen LogP contribution in [-0.4, -0.2) is 39.1 Å². The van der Waals surface area contributed by atoms with Gasteiger partial charge in [-0.3, -0.25) is 14.4 Å². The number of nitrogens with one attached hydrogen (secondary N) is 3. The zero-order chi connectivity index (χ0) is 34.6. The molecule has 0 radical (unpaired) electrons. The van der Waals surface area contributed by atoms with Gasteiger partial charge in [0.05, 0.1) is 27.0 Å². The van der Waals surface area contributed by atoms with E-state index in [0.29, 0.717) is 39.8 Å². The van der Waals surface area contributed by atoms with Crippen LogP contribution in [0.4, 0.5) is 11.4 Å². The monoisotopic (exact) mass is 673 g/mol. The summed E-state index contributed by atoms with van der Waals surface area (Å²) in [7, 11) is 4.61. The molecule has 248 valence electrons. The molecule has 0 bridgehead atoms. The van der Waals surface area contributed by atoms with Gasteiger partial charge in [0, 0.05) is 16.1 Å². The Hall–Kier alpha value is -6.00. The van der Waals surface area contributed by atoms with Crippen molar-refractivity contribution in [1.29, 1.82) is 0 Å². The van der Waals surface area contributed by atoms with Gasteiger partial charge in [-0.05, 0) is 71.8 Å².